The van der Waals surface area contributed by atoms with Crippen molar-refractivity contribution in [3.8, 4) is 11.5 Å². The zero-order valence-electron chi connectivity index (χ0n) is 11.9. The molecule has 1 atom stereocenters. The number of fused-ring (bicyclic) bond motifs is 1. The van der Waals surface area contributed by atoms with Crippen molar-refractivity contribution >= 4 is 0 Å². The van der Waals surface area contributed by atoms with Gasteiger partial charge in [-0.1, -0.05) is 18.6 Å². The van der Waals surface area contributed by atoms with E-state index in [4.69, 9.17) is 9.47 Å². The number of benzene rings is 1. The molecule has 2 aliphatic heterocycles. The van der Waals surface area contributed by atoms with Crippen LogP contribution in [0.25, 0.3) is 0 Å². The molecule has 3 nitrogen and oxygen atoms in total. The fraction of sp³-hybridized carbons (Fsp3) is 0.625. The maximum Gasteiger partial charge on any atom is 0.165 e. The fourth-order valence-corrected chi connectivity index (χ4v) is 2.96. The maximum atomic E-state index is 6.02. The Labute approximate surface area is 115 Å². The van der Waals surface area contributed by atoms with Gasteiger partial charge in [0.2, 0.25) is 0 Å². The van der Waals surface area contributed by atoms with E-state index in [2.05, 4.69) is 31.3 Å². The van der Waals surface area contributed by atoms with Crippen LogP contribution in [0, 0.1) is 0 Å². The Morgan fingerprint density at radius 1 is 1.37 bits per heavy atom. The molecular formula is C16H23NO2. The Balaban J connectivity index is 1.67. The summed E-state index contributed by atoms with van der Waals surface area (Å²) in [6.45, 7) is 6.10. The lowest BCUT2D eigenvalue weighted by Gasteiger charge is -2.24. The summed E-state index contributed by atoms with van der Waals surface area (Å²) < 4.78 is 12.0. The van der Waals surface area contributed by atoms with Gasteiger partial charge in [0.05, 0.1) is 0 Å². The first-order valence-corrected chi connectivity index (χ1v) is 7.31. The van der Waals surface area contributed by atoms with Crippen LogP contribution >= 0.6 is 0 Å². The van der Waals surface area contributed by atoms with Crippen LogP contribution in [0.15, 0.2) is 18.2 Å². The highest BCUT2D eigenvalue weighted by Crippen LogP contribution is 2.41. The number of hydrogen-bond acceptors (Lipinski definition) is 3. The van der Waals surface area contributed by atoms with Gasteiger partial charge in [0.25, 0.3) is 0 Å². The third-order valence-electron chi connectivity index (χ3n) is 3.91. The molecule has 1 fully saturated rings. The molecule has 0 amide bonds. The van der Waals surface area contributed by atoms with Crippen LogP contribution in [0.5, 0.6) is 11.5 Å². The van der Waals surface area contributed by atoms with E-state index in [9.17, 15) is 0 Å². The quantitative estimate of drug-likeness (QED) is 0.907. The molecule has 0 aromatic heterocycles. The minimum atomic E-state index is -0.106. The normalized spacial score (nSPS) is 24.6. The Morgan fingerprint density at radius 2 is 2.26 bits per heavy atom. The summed E-state index contributed by atoms with van der Waals surface area (Å²) in [5.74, 6) is 1.85. The van der Waals surface area contributed by atoms with Gasteiger partial charge >= 0.3 is 0 Å². The predicted octanol–water partition coefficient (Wildman–Crippen LogP) is 2.92. The Morgan fingerprint density at radius 3 is 3.05 bits per heavy atom. The van der Waals surface area contributed by atoms with Crippen molar-refractivity contribution in [1.82, 2.24) is 5.32 Å². The molecule has 1 aromatic rings. The van der Waals surface area contributed by atoms with Crippen molar-refractivity contribution in [2.45, 2.75) is 51.2 Å². The lowest BCUT2D eigenvalue weighted by molar-refractivity contribution is 0.130. The van der Waals surface area contributed by atoms with Crippen molar-refractivity contribution in [3.05, 3.63) is 23.8 Å². The van der Waals surface area contributed by atoms with Crippen LogP contribution in [0.3, 0.4) is 0 Å². The average Bonchev–Trinajstić information content (AvgIpc) is 2.72. The molecule has 0 spiro atoms. The standard InChI is InChI=1S/C16H23NO2/c1-16(2)10-12-6-5-8-14(15(12)19-16)18-11-13-7-3-4-9-17-13/h5-6,8,13,17H,3-4,7,9-11H2,1-2H3. The number of piperidine rings is 1. The van der Waals surface area contributed by atoms with E-state index in [1.54, 1.807) is 0 Å². The maximum absolute atomic E-state index is 6.02. The third-order valence-corrected chi connectivity index (χ3v) is 3.91. The summed E-state index contributed by atoms with van der Waals surface area (Å²) in [7, 11) is 0. The smallest absolute Gasteiger partial charge is 0.165 e. The van der Waals surface area contributed by atoms with Gasteiger partial charge in [-0.3, -0.25) is 0 Å². The number of para-hydroxylation sites is 1. The second-order valence-corrected chi connectivity index (χ2v) is 6.24. The van der Waals surface area contributed by atoms with Gasteiger partial charge in [-0.05, 0) is 39.3 Å². The third kappa shape index (κ3) is 2.86. The summed E-state index contributed by atoms with van der Waals surface area (Å²) in [5.41, 5.74) is 1.16. The second-order valence-electron chi connectivity index (χ2n) is 6.24. The first-order chi connectivity index (χ1) is 9.14. The Hall–Kier alpha value is -1.22. The van der Waals surface area contributed by atoms with Gasteiger partial charge in [0.1, 0.15) is 12.2 Å². The number of nitrogens with one attached hydrogen (secondary N) is 1. The first kappa shape index (κ1) is 12.8. The molecule has 1 saturated heterocycles. The Bertz CT molecular complexity index is 450. The summed E-state index contributed by atoms with van der Waals surface area (Å²) >= 11 is 0. The van der Waals surface area contributed by atoms with E-state index < -0.39 is 0 Å². The highest BCUT2D eigenvalue weighted by atomic mass is 16.5. The molecule has 104 valence electrons. The van der Waals surface area contributed by atoms with E-state index in [0.29, 0.717) is 6.04 Å². The number of hydrogen-bond donors (Lipinski definition) is 1. The largest absolute Gasteiger partial charge is 0.488 e. The predicted molar refractivity (Wildman–Crippen MR) is 76.0 cm³/mol. The topological polar surface area (TPSA) is 30.5 Å². The van der Waals surface area contributed by atoms with E-state index in [-0.39, 0.29) is 5.60 Å². The lowest BCUT2D eigenvalue weighted by atomic mass is 10.0. The summed E-state index contributed by atoms with van der Waals surface area (Å²) in [4.78, 5) is 0. The summed E-state index contributed by atoms with van der Waals surface area (Å²) in [5, 5.41) is 3.51. The fourth-order valence-electron chi connectivity index (χ4n) is 2.96. The highest BCUT2D eigenvalue weighted by molar-refractivity contribution is 5.50. The van der Waals surface area contributed by atoms with Gasteiger partial charge in [-0.15, -0.1) is 0 Å². The molecule has 3 rings (SSSR count). The van der Waals surface area contributed by atoms with E-state index >= 15 is 0 Å². The molecule has 19 heavy (non-hydrogen) atoms. The van der Waals surface area contributed by atoms with Crippen LogP contribution in [0.1, 0.15) is 38.7 Å². The summed E-state index contributed by atoms with van der Waals surface area (Å²) in [6.07, 6.45) is 4.76. The molecule has 1 N–H and O–H groups in total. The molecule has 2 aliphatic rings. The summed E-state index contributed by atoms with van der Waals surface area (Å²) in [6, 6.07) is 6.70. The van der Waals surface area contributed by atoms with Crippen molar-refractivity contribution in [3.63, 3.8) is 0 Å². The van der Waals surface area contributed by atoms with E-state index in [1.807, 2.05) is 6.07 Å². The van der Waals surface area contributed by atoms with Gasteiger partial charge in [0.15, 0.2) is 11.5 Å². The molecular weight excluding hydrogens is 238 g/mol. The van der Waals surface area contributed by atoms with Crippen molar-refractivity contribution in [2.24, 2.45) is 0 Å². The zero-order valence-corrected chi connectivity index (χ0v) is 11.9. The molecule has 0 saturated carbocycles. The molecule has 0 bridgehead atoms. The van der Waals surface area contributed by atoms with Gasteiger partial charge < -0.3 is 14.8 Å². The molecule has 0 radical (unpaired) electrons. The average molecular weight is 261 g/mol. The second kappa shape index (κ2) is 5.04. The molecule has 3 heteroatoms. The monoisotopic (exact) mass is 261 g/mol. The zero-order chi connectivity index (χ0) is 13.3. The highest BCUT2D eigenvalue weighted by Gasteiger charge is 2.32. The molecule has 1 unspecified atom stereocenters. The van der Waals surface area contributed by atoms with Crippen LogP contribution in [-0.4, -0.2) is 24.8 Å². The van der Waals surface area contributed by atoms with Gasteiger partial charge in [-0.2, -0.15) is 0 Å². The SMILES string of the molecule is CC1(C)Cc2cccc(OCC3CCCCN3)c2O1. The van der Waals surface area contributed by atoms with Crippen LogP contribution in [0.4, 0.5) is 0 Å². The van der Waals surface area contributed by atoms with Gasteiger partial charge in [0, 0.05) is 18.0 Å². The molecule has 1 aromatic carbocycles. The lowest BCUT2D eigenvalue weighted by Crippen LogP contribution is -2.38. The minimum absolute atomic E-state index is 0.106. The van der Waals surface area contributed by atoms with E-state index in [1.165, 1.54) is 24.8 Å². The van der Waals surface area contributed by atoms with Crippen LogP contribution < -0.4 is 14.8 Å². The van der Waals surface area contributed by atoms with E-state index in [0.717, 1.165) is 31.1 Å². The molecule has 2 heterocycles. The number of ether oxygens (including phenoxy) is 2. The first-order valence-electron chi connectivity index (χ1n) is 7.31. The van der Waals surface area contributed by atoms with Gasteiger partial charge in [-0.25, -0.2) is 0 Å². The molecule has 0 aliphatic carbocycles. The van der Waals surface area contributed by atoms with Crippen molar-refractivity contribution < 1.29 is 9.47 Å². The van der Waals surface area contributed by atoms with Crippen LogP contribution in [0.2, 0.25) is 0 Å². The van der Waals surface area contributed by atoms with Crippen molar-refractivity contribution in [2.75, 3.05) is 13.2 Å². The van der Waals surface area contributed by atoms with Crippen LogP contribution in [-0.2, 0) is 6.42 Å². The minimum Gasteiger partial charge on any atom is -0.488 e. The number of rotatable bonds is 3. The van der Waals surface area contributed by atoms with Crippen molar-refractivity contribution in [1.29, 1.82) is 0 Å². The Kier molecular flexibility index (Phi) is 3.40.